The molecule has 1 saturated carbocycles. The predicted molar refractivity (Wildman–Crippen MR) is 60.6 cm³/mol. The Morgan fingerprint density at radius 3 is 2.61 bits per heavy atom. The van der Waals surface area contributed by atoms with Crippen LogP contribution in [0.15, 0.2) is 18.2 Å². The molecule has 1 aliphatic carbocycles. The molecule has 0 bridgehead atoms. The van der Waals surface area contributed by atoms with E-state index in [1.807, 2.05) is 0 Å². The second-order valence-electron chi connectivity index (χ2n) is 4.46. The van der Waals surface area contributed by atoms with E-state index in [-0.39, 0.29) is 5.56 Å². The van der Waals surface area contributed by atoms with Gasteiger partial charge in [-0.1, -0.05) is 6.07 Å². The standard InChI is InChI=1S/C13H12F2N2O/c14-10-5-3-4-9(11(10)15)12(18)17-13(8-16)6-1-2-7-13/h3-5H,1-2,6-7H2,(H,17,18). The van der Waals surface area contributed by atoms with E-state index >= 15 is 0 Å². The van der Waals surface area contributed by atoms with E-state index in [9.17, 15) is 13.6 Å². The number of halogens is 2. The molecule has 18 heavy (non-hydrogen) atoms. The molecule has 0 unspecified atom stereocenters. The van der Waals surface area contributed by atoms with Crippen LogP contribution in [0, 0.1) is 23.0 Å². The summed E-state index contributed by atoms with van der Waals surface area (Å²) in [6, 6.07) is 5.48. The number of amides is 1. The smallest absolute Gasteiger partial charge is 0.255 e. The second kappa shape index (κ2) is 4.73. The Morgan fingerprint density at radius 1 is 1.33 bits per heavy atom. The molecule has 0 radical (unpaired) electrons. The highest BCUT2D eigenvalue weighted by molar-refractivity contribution is 5.95. The molecule has 1 aromatic carbocycles. The van der Waals surface area contributed by atoms with Crippen LogP contribution < -0.4 is 5.32 Å². The van der Waals surface area contributed by atoms with Crippen molar-refractivity contribution in [2.75, 3.05) is 0 Å². The van der Waals surface area contributed by atoms with Crippen LogP contribution in [0.5, 0.6) is 0 Å². The predicted octanol–water partition coefficient (Wildman–Crippen LogP) is 2.53. The van der Waals surface area contributed by atoms with Gasteiger partial charge in [-0.3, -0.25) is 4.79 Å². The van der Waals surface area contributed by atoms with Gasteiger partial charge in [0.1, 0.15) is 5.54 Å². The van der Waals surface area contributed by atoms with Crippen LogP contribution in [0.2, 0.25) is 0 Å². The summed E-state index contributed by atoms with van der Waals surface area (Å²) in [7, 11) is 0. The third kappa shape index (κ3) is 2.19. The Balaban J connectivity index is 2.22. The SMILES string of the molecule is N#CC1(NC(=O)c2cccc(F)c2F)CCCC1. The van der Waals surface area contributed by atoms with Gasteiger partial charge in [0.25, 0.3) is 5.91 Å². The first-order chi connectivity index (χ1) is 8.58. The Bertz CT molecular complexity index is 516. The average molecular weight is 250 g/mol. The summed E-state index contributed by atoms with van der Waals surface area (Å²) in [6.07, 6.45) is 2.79. The van der Waals surface area contributed by atoms with Gasteiger partial charge in [-0.25, -0.2) is 8.78 Å². The van der Waals surface area contributed by atoms with Gasteiger partial charge >= 0.3 is 0 Å². The fourth-order valence-electron chi connectivity index (χ4n) is 2.21. The van der Waals surface area contributed by atoms with Gasteiger partial charge in [0.15, 0.2) is 11.6 Å². The van der Waals surface area contributed by atoms with E-state index < -0.39 is 23.1 Å². The summed E-state index contributed by atoms with van der Waals surface area (Å²) in [4.78, 5) is 11.9. The van der Waals surface area contributed by atoms with E-state index in [1.54, 1.807) is 0 Å². The molecular weight excluding hydrogens is 238 g/mol. The number of carbonyl (C=O) groups is 1. The Labute approximate surface area is 103 Å². The number of carbonyl (C=O) groups excluding carboxylic acids is 1. The maximum Gasteiger partial charge on any atom is 0.255 e. The van der Waals surface area contributed by atoms with Crippen LogP contribution in [0.25, 0.3) is 0 Å². The van der Waals surface area contributed by atoms with Crippen molar-refractivity contribution >= 4 is 5.91 Å². The highest BCUT2D eigenvalue weighted by Crippen LogP contribution is 2.29. The topological polar surface area (TPSA) is 52.9 Å². The zero-order valence-corrected chi connectivity index (χ0v) is 9.67. The Kier molecular flexibility index (Phi) is 3.28. The van der Waals surface area contributed by atoms with Gasteiger partial charge in [-0.2, -0.15) is 5.26 Å². The lowest BCUT2D eigenvalue weighted by Gasteiger charge is -2.22. The maximum atomic E-state index is 13.4. The molecule has 0 spiro atoms. The van der Waals surface area contributed by atoms with E-state index in [1.165, 1.54) is 12.1 Å². The van der Waals surface area contributed by atoms with Crippen LogP contribution >= 0.6 is 0 Å². The van der Waals surface area contributed by atoms with Crippen LogP contribution in [0.4, 0.5) is 8.78 Å². The number of rotatable bonds is 2. The van der Waals surface area contributed by atoms with E-state index in [4.69, 9.17) is 5.26 Å². The fraction of sp³-hybridized carbons (Fsp3) is 0.385. The molecule has 2 rings (SSSR count). The first-order valence-electron chi connectivity index (χ1n) is 5.76. The Morgan fingerprint density at radius 2 is 2.00 bits per heavy atom. The molecule has 0 saturated heterocycles. The third-order valence-electron chi connectivity index (χ3n) is 3.22. The normalized spacial score (nSPS) is 17.2. The number of nitrogens with one attached hydrogen (secondary N) is 1. The molecule has 1 fully saturated rings. The molecule has 0 aromatic heterocycles. The van der Waals surface area contributed by atoms with Crippen molar-refractivity contribution in [3.63, 3.8) is 0 Å². The first kappa shape index (κ1) is 12.5. The largest absolute Gasteiger partial charge is 0.334 e. The number of hydrogen-bond acceptors (Lipinski definition) is 2. The molecule has 3 nitrogen and oxygen atoms in total. The lowest BCUT2D eigenvalue weighted by molar-refractivity contribution is 0.0915. The van der Waals surface area contributed by atoms with Gasteiger partial charge < -0.3 is 5.32 Å². The summed E-state index contributed by atoms with van der Waals surface area (Å²) in [5.74, 6) is -2.99. The number of hydrogen-bond donors (Lipinski definition) is 1. The first-order valence-corrected chi connectivity index (χ1v) is 5.76. The summed E-state index contributed by atoms with van der Waals surface area (Å²) < 4.78 is 26.4. The lowest BCUT2D eigenvalue weighted by Crippen LogP contribution is -2.45. The van der Waals surface area contributed by atoms with E-state index in [0.29, 0.717) is 12.8 Å². The highest BCUT2D eigenvalue weighted by Gasteiger charge is 2.36. The minimum atomic E-state index is -1.18. The monoisotopic (exact) mass is 250 g/mol. The van der Waals surface area contributed by atoms with E-state index in [0.717, 1.165) is 18.9 Å². The molecule has 0 atom stereocenters. The fourth-order valence-corrected chi connectivity index (χ4v) is 2.21. The summed E-state index contributed by atoms with van der Waals surface area (Å²) in [5, 5.41) is 11.6. The van der Waals surface area contributed by atoms with E-state index in [2.05, 4.69) is 11.4 Å². The molecule has 0 heterocycles. The van der Waals surface area contributed by atoms with Crippen LogP contribution in [-0.4, -0.2) is 11.4 Å². The molecular formula is C13H12F2N2O. The molecule has 0 aliphatic heterocycles. The summed E-state index contributed by atoms with van der Waals surface area (Å²) >= 11 is 0. The minimum Gasteiger partial charge on any atom is -0.334 e. The molecule has 5 heteroatoms. The van der Waals surface area contributed by atoms with Gasteiger partial charge in [0, 0.05) is 0 Å². The zero-order chi connectivity index (χ0) is 13.2. The van der Waals surface area contributed by atoms with Crippen molar-refractivity contribution < 1.29 is 13.6 Å². The van der Waals surface area contributed by atoms with Crippen molar-refractivity contribution in [1.29, 1.82) is 5.26 Å². The van der Waals surface area contributed by atoms with Gasteiger partial charge in [0.05, 0.1) is 11.6 Å². The Hall–Kier alpha value is -1.96. The van der Waals surface area contributed by atoms with Crippen LogP contribution in [0.1, 0.15) is 36.0 Å². The van der Waals surface area contributed by atoms with Crippen molar-refractivity contribution in [3.05, 3.63) is 35.4 Å². The molecule has 1 aromatic rings. The number of benzene rings is 1. The van der Waals surface area contributed by atoms with Crippen molar-refractivity contribution in [3.8, 4) is 6.07 Å². The molecule has 94 valence electrons. The van der Waals surface area contributed by atoms with Gasteiger partial charge in [0.2, 0.25) is 0 Å². The molecule has 1 N–H and O–H groups in total. The van der Waals surface area contributed by atoms with Crippen LogP contribution in [-0.2, 0) is 0 Å². The molecule has 1 amide bonds. The second-order valence-corrected chi connectivity index (χ2v) is 4.46. The number of nitriles is 1. The minimum absolute atomic E-state index is 0.364. The quantitative estimate of drug-likeness (QED) is 0.876. The average Bonchev–Trinajstić information content (AvgIpc) is 2.81. The van der Waals surface area contributed by atoms with Crippen LogP contribution in [0.3, 0.4) is 0 Å². The van der Waals surface area contributed by atoms with Crippen molar-refractivity contribution in [2.24, 2.45) is 0 Å². The van der Waals surface area contributed by atoms with Crippen molar-refractivity contribution in [1.82, 2.24) is 5.32 Å². The zero-order valence-electron chi connectivity index (χ0n) is 9.67. The maximum absolute atomic E-state index is 13.4. The number of nitrogens with zero attached hydrogens (tertiary/aromatic N) is 1. The van der Waals surface area contributed by atoms with Crippen molar-refractivity contribution in [2.45, 2.75) is 31.2 Å². The molecule has 1 aliphatic rings. The summed E-state index contributed by atoms with van der Waals surface area (Å²) in [5.41, 5.74) is -1.30. The van der Waals surface area contributed by atoms with Gasteiger partial charge in [-0.05, 0) is 37.8 Å². The lowest BCUT2D eigenvalue weighted by atomic mass is 9.99. The summed E-state index contributed by atoms with van der Waals surface area (Å²) in [6.45, 7) is 0. The highest BCUT2D eigenvalue weighted by atomic mass is 19.2. The third-order valence-corrected chi connectivity index (χ3v) is 3.22. The van der Waals surface area contributed by atoms with Gasteiger partial charge in [-0.15, -0.1) is 0 Å².